The van der Waals surface area contributed by atoms with Crippen LogP contribution < -0.4 is 4.74 Å². The number of alkyl halides is 3. The van der Waals surface area contributed by atoms with E-state index in [1.165, 1.54) is 0 Å². The van der Waals surface area contributed by atoms with Crippen molar-refractivity contribution in [3.63, 3.8) is 0 Å². The number of hydrogen-bond acceptors (Lipinski definition) is 3. The third-order valence-corrected chi connectivity index (χ3v) is 2.53. The maximum atomic E-state index is 11.8. The molecule has 1 aromatic rings. The molecule has 0 radical (unpaired) electrons. The van der Waals surface area contributed by atoms with Crippen LogP contribution in [-0.2, 0) is 4.74 Å². The Bertz CT molecular complexity index is 469. The number of benzene rings is 1. The molecule has 110 valence electrons. The lowest BCUT2D eigenvalue weighted by atomic mass is 10.1. The van der Waals surface area contributed by atoms with E-state index in [0.29, 0.717) is 17.7 Å². The molecular weight excluding hydrogens is 271 g/mol. The summed E-state index contributed by atoms with van der Waals surface area (Å²) < 4.78 is 45.5. The van der Waals surface area contributed by atoms with Crippen molar-refractivity contribution in [1.82, 2.24) is 0 Å². The van der Waals surface area contributed by atoms with Crippen LogP contribution in [-0.4, -0.2) is 26.0 Å². The van der Waals surface area contributed by atoms with Gasteiger partial charge in [-0.2, -0.15) is 18.4 Å². The van der Waals surface area contributed by atoms with E-state index in [4.69, 9.17) is 10.00 Å². The Hall–Kier alpha value is -1.74. The number of halogens is 3. The van der Waals surface area contributed by atoms with E-state index >= 15 is 0 Å². The molecule has 20 heavy (non-hydrogen) atoms. The van der Waals surface area contributed by atoms with Gasteiger partial charge >= 0.3 is 6.18 Å². The molecule has 0 aliphatic heterocycles. The maximum absolute atomic E-state index is 11.8. The zero-order chi connectivity index (χ0) is 15.2. The second kappa shape index (κ2) is 7.15. The van der Waals surface area contributed by atoms with Gasteiger partial charge in [0.15, 0.2) is 0 Å². The van der Waals surface area contributed by atoms with Crippen LogP contribution in [0.1, 0.15) is 23.1 Å². The SMILES string of the molecule is Cc1cc(C#N)cc(C)c1OCCCOCC(F)(F)F. The molecule has 1 rings (SSSR count). The van der Waals surface area contributed by atoms with E-state index in [9.17, 15) is 13.2 Å². The number of hydrogen-bond donors (Lipinski definition) is 0. The second-order valence-corrected chi connectivity index (χ2v) is 4.42. The predicted molar refractivity (Wildman–Crippen MR) is 67.6 cm³/mol. The molecule has 0 atom stereocenters. The van der Waals surface area contributed by atoms with Crippen LogP contribution in [0.15, 0.2) is 12.1 Å². The van der Waals surface area contributed by atoms with Crippen LogP contribution in [0.2, 0.25) is 0 Å². The van der Waals surface area contributed by atoms with Crippen LogP contribution in [0.25, 0.3) is 0 Å². The summed E-state index contributed by atoms with van der Waals surface area (Å²) in [4.78, 5) is 0. The summed E-state index contributed by atoms with van der Waals surface area (Å²) in [5, 5.41) is 8.82. The van der Waals surface area contributed by atoms with Crippen LogP contribution >= 0.6 is 0 Å². The van der Waals surface area contributed by atoms with Crippen LogP contribution in [0.4, 0.5) is 13.2 Å². The van der Waals surface area contributed by atoms with Crippen LogP contribution in [0.5, 0.6) is 5.75 Å². The molecule has 0 saturated heterocycles. The van der Waals surface area contributed by atoms with Gasteiger partial charge in [0.25, 0.3) is 0 Å². The third kappa shape index (κ3) is 5.49. The van der Waals surface area contributed by atoms with Crippen LogP contribution in [0, 0.1) is 25.2 Å². The summed E-state index contributed by atoms with van der Waals surface area (Å²) in [5.74, 6) is 0.667. The predicted octanol–water partition coefficient (Wildman–Crippen LogP) is 3.52. The minimum atomic E-state index is -4.29. The van der Waals surface area contributed by atoms with Gasteiger partial charge in [-0.15, -0.1) is 0 Å². The fourth-order valence-corrected chi connectivity index (χ4v) is 1.77. The molecule has 0 aliphatic carbocycles. The molecule has 1 aromatic carbocycles. The molecular formula is C14H16F3NO2. The average Bonchev–Trinajstić information content (AvgIpc) is 2.34. The molecule has 0 bridgehead atoms. The molecule has 3 nitrogen and oxygen atoms in total. The topological polar surface area (TPSA) is 42.2 Å². The number of rotatable bonds is 6. The third-order valence-electron chi connectivity index (χ3n) is 2.53. The normalized spacial score (nSPS) is 11.2. The van der Waals surface area contributed by atoms with E-state index in [1.807, 2.05) is 13.8 Å². The first kappa shape index (κ1) is 16.3. The van der Waals surface area contributed by atoms with Crippen LogP contribution in [0.3, 0.4) is 0 Å². The van der Waals surface area contributed by atoms with Crippen molar-refractivity contribution in [3.8, 4) is 11.8 Å². The van der Waals surface area contributed by atoms with Crippen molar-refractivity contribution < 1.29 is 22.6 Å². The summed E-state index contributed by atoms with van der Waals surface area (Å²) >= 11 is 0. The molecule has 0 saturated carbocycles. The molecule has 0 unspecified atom stereocenters. The second-order valence-electron chi connectivity index (χ2n) is 4.42. The first-order valence-electron chi connectivity index (χ1n) is 6.12. The van der Waals surface area contributed by atoms with E-state index in [0.717, 1.165) is 11.1 Å². The highest BCUT2D eigenvalue weighted by Gasteiger charge is 2.27. The fraction of sp³-hybridized carbons (Fsp3) is 0.500. The first-order chi connectivity index (χ1) is 9.33. The van der Waals surface area contributed by atoms with Gasteiger partial charge < -0.3 is 9.47 Å². The van der Waals surface area contributed by atoms with Gasteiger partial charge in [0, 0.05) is 6.42 Å². The van der Waals surface area contributed by atoms with Crippen molar-refractivity contribution in [2.45, 2.75) is 26.4 Å². The largest absolute Gasteiger partial charge is 0.493 e. The van der Waals surface area contributed by atoms with Crippen molar-refractivity contribution in [2.75, 3.05) is 19.8 Å². The zero-order valence-corrected chi connectivity index (χ0v) is 11.4. The number of ether oxygens (including phenoxy) is 2. The lowest BCUT2D eigenvalue weighted by Crippen LogP contribution is -2.18. The molecule has 0 N–H and O–H groups in total. The Morgan fingerprint density at radius 3 is 2.25 bits per heavy atom. The van der Waals surface area contributed by atoms with Crippen molar-refractivity contribution in [3.05, 3.63) is 28.8 Å². The van der Waals surface area contributed by atoms with E-state index in [-0.39, 0.29) is 13.2 Å². The molecule has 0 aromatic heterocycles. The van der Waals surface area contributed by atoms with Gasteiger partial charge in [-0.05, 0) is 37.1 Å². The number of nitrogens with zero attached hydrogens (tertiary/aromatic N) is 1. The minimum Gasteiger partial charge on any atom is -0.493 e. The molecule has 0 spiro atoms. The molecule has 0 heterocycles. The zero-order valence-electron chi connectivity index (χ0n) is 11.4. The average molecular weight is 287 g/mol. The summed E-state index contributed by atoms with van der Waals surface area (Å²) in [7, 11) is 0. The van der Waals surface area contributed by atoms with Gasteiger partial charge in [-0.1, -0.05) is 0 Å². The van der Waals surface area contributed by atoms with Gasteiger partial charge in [0.2, 0.25) is 0 Å². The molecule has 0 amide bonds. The van der Waals surface area contributed by atoms with Crippen molar-refractivity contribution >= 4 is 0 Å². The van der Waals surface area contributed by atoms with Gasteiger partial charge in [-0.25, -0.2) is 0 Å². The number of aryl methyl sites for hydroxylation is 2. The summed E-state index contributed by atoms with van der Waals surface area (Å²) in [6.07, 6.45) is -3.92. The Kier molecular flexibility index (Phi) is 5.83. The van der Waals surface area contributed by atoms with Gasteiger partial charge in [-0.3, -0.25) is 0 Å². The fourth-order valence-electron chi connectivity index (χ4n) is 1.77. The van der Waals surface area contributed by atoms with E-state index in [1.54, 1.807) is 12.1 Å². The van der Waals surface area contributed by atoms with Crippen molar-refractivity contribution in [2.24, 2.45) is 0 Å². The quantitative estimate of drug-likeness (QED) is 0.752. The Balaban J connectivity index is 2.38. The highest BCUT2D eigenvalue weighted by atomic mass is 19.4. The Morgan fingerprint density at radius 1 is 1.15 bits per heavy atom. The first-order valence-corrected chi connectivity index (χ1v) is 6.12. The molecule has 6 heteroatoms. The Labute approximate surface area is 115 Å². The number of nitriles is 1. The van der Waals surface area contributed by atoms with E-state index < -0.39 is 12.8 Å². The maximum Gasteiger partial charge on any atom is 0.411 e. The minimum absolute atomic E-state index is 0.00607. The molecule has 0 fully saturated rings. The van der Waals surface area contributed by atoms with Crippen molar-refractivity contribution in [1.29, 1.82) is 5.26 Å². The van der Waals surface area contributed by atoms with Gasteiger partial charge in [0.05, 0.1) is 24.8 Å². The lowest BCUT2D eigenvalue weighted by molar-refractivity contribution is -0.174. The highest BCUT2D eigenvalue weighted by molar-refractivity contribution is 5.47. The lowest BCUT2D eigenvalue weighted by Gasteiger charge is -2.13. The van der Waals surface area contributed by atoms with E-state index in [2.05, 4.69) is 10.8 Å². The summed E-state index contributed by atoms with van der Waals surface area (Å²) in [6, 6.07) is 5.47. The smallest absolute Gasteiger partial charge is 0.411 e. The summed E-state index contributed by atoms with van der Waals surface area (Å²) in [6.45, 7) is 2.67. The standard InChI is InChI=1S/C14H16F3NO2/c1-10-6-12(8-18)7-11(2)13(10)20-5-3-4-19-9-14(15,16)17/h6-7H,3-5,9H2,1-2H3. The highest BCUT2D eigenvalue weighted by Crippen LogP contribution is 2.24. The Morgan fingerprint density at radius 2 is 1.75 bits per heavy atom. The van der Waals surface area contributed by atoms with Gasteiger partial charge in [0.1, 0.15) is 12.4 Å². The molecule has 0 aliphatic rings. The summed E-state index contributed by atoms with van der Waals surface area (Å²) in [5.41, 5.74) is 2.22. The monoisotopic (exact) mass is 287 g/mol.